The fourth-order valence-corrected chi connectivity index (χ4v) is 15.2. The predicted octanol–water partition coefficient (Wildman–Crippen LogP) is 8.06. The second-order valence-electron chi connectivity index (χ2n) is 13.7. The Morgan fingerprint density at radius 2 is 0.949 bits per heavy atom. The summed E-state index contributed by atoms with van der Waals surface area (Å²) in [6, 6.07) is 13.2. The fraction of sp³-hybridized carbons (Fsp3) is 0.484. The molecule has 0 radical (unpaired) electrons. The zero-order chi connectivity index (χ0) is 29.3. The molecule has 3 rings (SSSR count). The van der Waals surface area contributed by atoms with E-state index in [0.717, 1.165) is 20.0 Å². The van der Waals surface area contributed by atoms with Crippen LogP contribution in [-0.4, -0.2) is 57.7 Å². The van der Waals surface area contributed by atoms with E-state index in [0.29, 0.717) is 0 Å². The van der Waals surface area contributed by atoms with Crippen LogP contribution >= 0.6 is 0 Å². The maximum absolute atomic E-state index is 14.5. The van der Waals surface area contributed by atoms with Gasteiger partial charge in [0.2, 0.25) is 0 Å². The van der Waals surface area contributed by atoms with Crippen molar-refractivity contribution in [2.24, 2.45) is 11.8 Å². The second-order valence-corrected chi connectivity index (χ2v) is 50.0. The van der Waals surface area contributed by atoms with Gasteiger partial charge >= 0.3 is 248 Å². The number of aryl methyl sites for hydroxylation is 2. The van der Waals surface area contributed by atoms with Crippen LogP contribution in [0.15, 0.2) is 82.6 Å². The summed E-state index contributed by atoms with van der Waals surface area (Å²) in [6.07, 6.45) is 8.80. The van der Waals surface area contributed by atoms with Gasteiger partial charge in [0.1, 0.15) is 0 Å². The normalized spacial score (nSPS) is 20.7. The van der Waals surface area contributed by atoms with E-state index >= 15 is 0 Å². The van der Waals surface area contributed by atoms with Crippen molar-refractivity contribution in [3.05, 3.63) is 84.0 Å². The summed E-state index contributed by atoms with van der Waals surface area (Å²) in [5.74, 6) is -0.323. The second kappa shape index (κ2) is 12.3. The maximum atomic E-state index is 14.5. The van der Waals surface area contributed by atoms with Crippen molar-refractivity contribution in [3.8, 4) is 0 Å². The van der Waals surface area contributed by atoms with E-state index in [4.69, 9.17) is 0 Å². The van der Waals surface area contributed by atoms with Gasteiger partial charge in [0.15, 0.2) is 0 Å². The molecule has 1 fully saturated rings. The zero-order valence-electron chi connectivity index (χ0n) is 24.9. The summed E-state index contributed by atoms with van der Waals surface area (Å²) in [5.41, 5.74) is 1.86. The van der Waals surface area contributed by atoms with Crippen LogP contribution in [-0.2, 0) is 19.7 Å². The number of sulfone groups is 2. The van der Waals surface area contributed by atoms with Gasteiger partial charge in [0.05, 0.1) is 0 Å². The molecule has 0 N–H and O–H groups in total. The molecule has 0 aliphatic heterocycles. The van der Waals surface area contributed by atoms with Gasteiger partial charge in [-0.15, -0.1) is 0 Å². The summed E-state index contributed by atoms with van der Waals surface area (Å²) < 4.78 is 58.2. The standard InChI is InChI=1S/C25H28O4S2.6CH3.2Sn/c1-5-7-21-17-25(18-22(21)8-6-2,30(26,27)23-13-9-19(3)10-14-23)31(28,29)24-15-11-20(4)12-16-24;;;;;;;;/h5-16,21-22H,1-2,17-18H2,3-4H3;6*1H3;;/b7-5+,8-6+;;;;;;;;/t21-,22-;;;;;;;;/m0......../s1. The summed E-state index contributed by atoms with van der Waals surface area (Å²) in [5, 5.41) is 0. The Labute approximate surface area is 246 Å². The molecule has 1 aliphatic carbocycles. The molecule has 39 heavy (non-hydrogen) atoms. The molecule has 2 aromatic rings. The molecule has 4 nitrogen and oxygen atoms in total. The van der Waals surface area contributed by atoms with E-state index in [-0.39, 0.29) is 34.5 Å². The zero-order valence-corrected chi connectivity index (χ0v) is 32.2. The molecule has 0 amide bonds. The van der Waals surface area contributed by atoms with E-state index in [1.807, 2.05) is 13.8 Å². The van der Waals surface area contributed by atoms with Gasteiger partial charge in [0.25, 0.3) is 0 Å². The molecule has 0 heterocycles. The Kier molecular flexibility index (Phi) is 10.4. The SMILES string of the molecule is Cc1ccc(S(=O)(=O)C2(S(=O)(=O)c3ccc(C)cc3)C[C@H](/C=C/[CH2][Sn]([CH3])([CH3])[CH3])[C@@H](/C=C/[CH2][Sn]([CH3])([CH3])[CH3])C2)cc1. The molecule has 2 atom stereocenters. The van der Waals surface area contributed by atoms with Crippen LogP contribution in [0.4, 0.5) is 0 Å². The Morgan fingerprint density at radius 3 is 1.23 bits per heavy atom. The van der Waals surface area contributed by atoms with Gasteiger partial charge in [-0.05, 0) is 0 Å². The van der Waals surface area contributed by atoms with Crippen LogP contribution in [0.1, 0.15) is 24.0 Å². The third-order valence-corrected chi connectivity index (χ3v) is 21.6. The number of benzene rings is 2. The molecule has 0 aromatic heterocycles. The first kappa shape index (κ1) is 32.9. The van der Waals surface area contributed by atoms with Gasteiger partial charge < -0.3 is 0 Å². The minimum atomic E-state index is -4.24. The Morgan fingerprint density at radius 1 is 0.641 bits per heavy atom. The van der Waals surface area contributed by atoms with Crippen molar-refractivity contribution in [2.75, 3.05) is 0 Å². The van der Waals surface area contributed by atoms with Gasteiger partial charge in [-0.3, -0.25) is 0 Å². The molecule has 2 aromatic carbocycles. The van der Waals surface area contributed by atoms with Crippen LogP contribution in [0, 0.1) is 25.7 Å². The number of hydrogen-bond donors (Lipinski definition) is 0. The van der Waals surface area contributed by atoms with Gasteiger partial charge in [-0.1, -0.05) is 0 Å². The minimum absolute atomic E-state index is 0.0589. The van der Waals surface area contributed by atoms with Crippen molar-refractivity contribution < 1.29 is 16.8 Å². The summed E-state index contributed by atoms with van der Waals surface area (Å²) in [4.78, 5) is 14.4. The first-order chi connectivity index (χ1) is 17.9. The average Bonchev–Trinajstić information content (AvgIpc) is 3.19. The number of allylic oxidation sites excluding steroid dienone is 4. The Bertz CT molecular complexity index is 1300. The summed E-state index contributed by atoms with van der Waals surface area (Å²) >= 11 is -4.20. The van der Waals surface area contributed by atoms with Gasteiger partial charge in [-0.25, -0.2) is 0 Å². The molecule has 1 aliphatic rings. The molecule has 0 bridgehead atoms. The molecule has 214 valence electrons. The quantitative estimate of drug-likeness (QED) is 0.181. The Balaban J connectivity index is 2.22. The van der Waals surface area contributed by atoms with E-state index in [2.05, 4.69) is 53.9 Å². The van der Waals surface area contributed by atoms with Crippen LogP contribution in [0.3, 0.4) is 0 Å². The first-order valence-corrected chi connectivity index (χ1v) is 38.0. The van der Waals surface area contributed by atoms with Crippen LogP contribution < -0.4 is 0 Å². The van der Waals surface area contributed by atoms with E-state index in [9.17, 15) is 16.8 Å². The van der Waals surface area contributed by atoms with Gasteiger partial charge in [0, 0.05) is 0 Å². The van der Waals surface area contributed by atoms with E-state index < -0.39 is 60.5 Å². The average molecular weight is 784 g/mol. The molecular formula is C31H46O4S2Sn2. The third kappa shape index (κ3) is 7.83. The molecule has 0 saturated heterocycles. The monoisotopic (exact) mass is 786 g/mol. The third-order valence-electron chi connectivity index (χ3n) is 7.51. The van der Waals surface area contributed by atoms with E-state index in [1.54, 1.807) is 48.5 Å². The van der Waals surface area contributed by atoms with Crippen LogP contribution in [0.25, 0.3) is 0 Å². The van der Waals surface area contributed by atoms with Crippen LogP contribution in [0.5, 0.6) is 0 Å². The van der Waals surface area contributed by atoms with Crippen molar-refractivity contribution in [2.45, 2.75) is 79.1 Å². The van der Waals surface area contributed by atoms with Crippen molar-refractivity contribution in [3.63, 3.8) is 0 Å². The summed E-state index contributed by atoms with van der Waals surface area (Å²) in [7, 11) is -8.47. The molecule has 1 saturated carbocycles. The van der Waals surface area contributed by atoms with Crippen molar-refractivity contribution in [1.29, 1.82) is 0 Å². The van der Waals surface area contributed by atoms with Crippen LogP contribution in [0.2, 0.25) is 38.5 Å². The molecular weight excluding hydrogens is 738 g/mol. The fourth-order valence-electron chi connectivity index (χ4n) is 5.17. The van der Waals surface area contributed by atoms with Crippen molar-refractivity contribution in [1.82, 2.24) is 0 Å². The topological polar surface area (TPSA) is 68.3 Å². The number of hydrogen-bond acceptors (Lipinski definition) is 4. The molecule has 0 spiro atoms. The molecule has 8 heteroatoms. The molecule has 0 unspecified atom stereocenters. The van der Waals surface area contributed by atoms with Crippen molar-refractivity contribution >= 4 is 56.4 Å². The first-order valence-electron chi connectivity index (χ1n) is 13.8. The van der Waals surface area contributed by atoms with E-state index in [1.165, 1.54) is 0 Å². The van der Waals surface area contributed by atoms with Gasteiger partial charge in [-0.2, -0.15) is 0 Å². The number of rotatable bonds is 10. The summed E-state index contributed by atoms with van der Waals surface area (Å²) in [6.45, 7) is 3.79. The predicted molar refractivity (Wildman–Crippen MR) is 170 cm³/mol. The Hall–Kier alpha value is -0.583.